The van der Waals surface area contributed by atoms with Gasteiger partial charge in [0.15, 0.2) is 0 Å². The van der Waals surface area contributed by atoms with Crippen LogP contribution in [0.2, 0.25) is 0 Å². The largest absolute Gasteiger partial charge is 0.193 e. The normalized spacial score (nSPS) is 26.7. The molecule has 0 saturated heterocycles. The molecular weight excluding hydrogens is 374 g/mol. The zero-order chi connectivity index (χ0) is 21.7. The average Bonchev–Trinajstić information content (AvgIpc) is 2.82. The van der Waals surface area contributed by atoms with E-state index in [2.05, 4.69) is 43.3 Å². The summed E-state index contributed by atoms with van der Waals surface area (Å²) in [5.74, 6) is 3.42. The van der Waals surface area contributed by atoms with Crippen LogP contribution in [0.15, 0.2) is 36.4 Å². The summed E-state index contributed by atoms with van der Waals surface area (Å²) < 4.78 is 0. The number of benzene rings is 1. The standard InChI is InChI=1S/C30H45N/c1-2-3-4-8-26-16-20-29(21-17-26)30-22-18-27(19-23-30)10-6-5-9-25-12-14-28(15-13-25)11-7-24-31/h7,11,16-17,20-21,25,27-28,30H,2-6,8-10,12-15,18-19,22-23H2,1H3/b11-7+/t25-,27-,28-,30-. The van der Waals surface area contributed by atoms with Crippen molar-refractivity contribution >= 4 is 0 Å². The molecule has 3 rings (SSSR count). The Hall–Kier alpha value is -1.55. The minimum Gasteiger partial charge on any atom is -0.193 e. The molecule has 0 N–H and O–H groups in total. The Labute approximate surface area is 192 Å². The van der Waals surface area contributed by atoms with Gasteiger partial charge >= 0.3 is 0 Å². The molecule has 0 bridgehead atoms. The Morgan fingerprint density at radius 1 is 0.806 bits per heavy atom. The number of hydrogen-bond acceptors (Lipinski definition) is 1. The minimum absolute atomic E-state index is 0.670. The molecule has 1 aromatic carbocycles. The van der Waals surface area contributed by atoms with Crippen molar-refractivity contribution in [1.82, 2.24) is 0 Å². The van der Waals surface area contributed by atoms with E-state index in [1.54, 1.807) is 11.6 Å². The lowest BCUT2D eigenvalue weighted by atomic mass is 9.76. The number of aryl methyl sites for hydroxylation is 1. The summed E-state index contributed by atoms with van der Waals surface area (Å²) in [6.07, 6.45) is 25.9. The highest BCUT2D eigenvalue weighted by Gasteiger charge is 2.23. The predicted molar refractivity (Wildman–Crippen MR) is 133 cm³/mol. The smallest absolute Gasteiger partial charge is 0.0908 e. The maximum absolute atomic E-state index is 8.68. The maximum atomic E-state index is 8.68. The van der Waals surface area contributed by atoms with Crippen LogP contribution < -0.4 is 0 Å². The van der Waals surface area contributed by atoms with Crippen LogP contribution in [0.4, 0.5) is 0 Å². The number of allylic oxidation sites excluding steroid dienone is 2. The first kappa shape index (κ1) is 24.1. The molecule has 0 unspecified atom stereocenters. The van der Waals surface area contributed by atoms with Crippen LogP contribution in [0.25, 0.3) is 0 Å². The lowest BCUT2D eigenvalue weighted by Crippen LogP contribution is -2.14. The SMILES string of the molecule is CCCCCc1ccc([C@H]2CC[C@H](CCCC[C@H]3CC[C@H](/C=C/C#N)CC3)CC2)cc1. The van der Waals surface area contributed by atoms with E-state index in [1.165, 1.54) is 108 Å². The van der Waals surface area contributed by atoms with Gasteiger partial charge < -0.3 is 0 Å². The van der Waals surface area contributed by atoms with Crippen molar-refractivity contribution in [2.45, 2.75) is 116 Å². The predicted octanol–water partition coefficient (Wildman–Crippen LogP) is 9.14. The summed E-state index contributed by atoms with van der Waals surface area (Å²) in [5.41, 5.74) is 3.12. The van der Waals surface area contributed by atoms with Crippen LogP contribution in [0.1, 0.15) is 120 Å². The molecule has 170 valence electrons. The third-order valence-corrected chi connectivity index (χ3v) is 8.18. The van der Waals surface area contributed by atoms with Crippen molar-refractivity contribution in [3.8, 4) is 6.07 Å². The van der Waals surface area contributed by atoms with Crippen LogP contribution in [-0.2, 0) is 6.42 Å². The Kier molecular flexibility index (Phi) is 10.7. The summed E-state index contributed by atoms with van der Waals surface area (Å²) >= 11 is 0. The van der Waals surface area contributed by atoms with Crippen molar-refractivity contribution < 1.29 is 0 Å². The first-order valence-corrected chi connectivity index (χ1v) is 13.4. The number of rotatable bonds is 11. The molecule has 0 radical (unpaired) electrons. The highest BCUT2D eigenvalue weighted by molar-refractivity contribution is 5.26. The fourth-order valence-electron chi connectivity index (χ4n) is 6.03. The van der Waals surface area contributed by atoms with Crippen LogP contribution in [-0.4, -0.2) is 0 Å². The Balaban J connectivity index is 1.26. The summed E-state index contributed by atoms with van der Waals surface area (Å²) in [6, 6.07) is 11.8. The Morgan fingerprint density at radius 2 is 1.42 bits per heavy atom. The van der Waals surface area contributed by atoms with E-state index in [0.29, 0.717) is 5.92 Å². The van der Waals surface area contributed by atoms with Crippen molar-refractivity contribution in [3.63, 3.8) is 0 Å². The number of hydrogen-bond donors (Lipinski definition) is 0. The van der Waals surface area contributed by atoms with Gasteiger partial charge in [-0.05, 0) is 99.0 Å². The molecule has 0 aromatic heterocycles. The molecule has 31 heavy (non-hydrogen) atoms. The van der Waals surface area contributed by atoms with E-state index in [0.717, 1.165) is 17.8 Å². The Bertz CT molecular complexity index is 663. The summed E-state index contributed by atoms with van der Waals surface area (Å²) in [5, 5.41) is 8.68. The monoisotopic (exact) mass is 419 g/mol. The second kappa shape index (κ2) is 13.8. The zero-order valence-electron chi connectivity index (χ0n) is 20.0. The lowest BCUT2D eigenvalue weighted by Gasteiger charge is -2.29. The molecule has 2 aliphatic carbocycles. The van der Waals surface area contributed by atoms with Crippen molar-refractivity contribution in [2.24, 2.45) is 17.8 Å². The van der Waals surface area contributed by atoms with Crippen molar-refractivity contribution in [2.75, 3.05) is 0 Å². The van der Waals surface area contributed by atoms with Crippen LogP contribution in [0.5, 0.6) is 0 Å². The van der Waals surface area contributed by atoms with Gasteiger partial charge in [0, 0.05) is 6.08 Å². The van der Waals surface area contributed by atoms with Gasteiger partial charge in [-0.1, -0.05) is 75.8 Å². The molecule has 2 aliphatic rings. The molecule has 1 aromatic rings. The molecule has 1 nitrogen and oxygen atoms in total. The molecule has 1 heteroatoms. The van der Waals surface area contributed by atoms with E-state index in [9.17, 15) is 0 Å². The van der Waals surface area contributed by atoms with Crippen LogP contribution in [0, 0.1) is 29.1 Å². The molecule has 2 fully saturated rings. The van der Waals surface area contributed by atoms with Gasteiger partial charge in [0.25, 0.3) is 0 Å². The van der Waals surface area contributed by atoms with Gasteiger partial charge in [-0.2, -0.15) is 5.26 Å². The third-order valence-electron chi connectivity index (χ3n) is 8.18. The number of nitriles is 1. The molecule has 0 amide bonds. The fourth-order valence-corrected chi connectivity index (χ4v) is 6.03. The molecule has 0 atom stereocenters. The average molecular weight is 420 g/mol. The quantitative estimate of drug-likeness (QED) is 0.259. The minimum atomic E-state index is 0.670. The third kappa shape index (κ3) is 8.48. The molecule has 0 heterocycles. The van der Waals surface area contributed by atoms with E-state index in [4.69, 9.17) is 5.26 Å². The van der Waals surface area contributed by atoms with E-state index >= 15 is 0 Å². The first-order chi connectivity index (χ1) is 15.3. The maximum Gasteiger partial charge on any atom is 0.0908 e. The zero-order valence-corrected chi connectivity index (χ0v) is 20.0. The molecule has 0 spiro atoms. The van der Waals surface area contributed by atoms with Gasteiger partial charge in [-0.3, -0.25) is 0 Å². The fraction of sp³-hybridized carbons (Fsp3) is 0.700. The van der Waals surface area contributed by atoms with Crippen LogP contribution >= 0.6 is 0 Å². The topological polar surface area (TPSA) is 23.8 Å². The number of nitrogens with zero attached hydrogens (tertiary/aromatic N) is 1. The van der Waals surface area contributed by atoms with Gasteiger partial charge in [-0.15, -0.1) is 0 Å². The number of unbranched alkanes of at least 4 members (excludes halogenated alkanes) is 3. The molecule has 0 aliphatic heterocycles. The highest BCUT2D eigenvalue weighted by Crippen LogP contribution is 2.38. The summed E-state index contributed by atoms with van der Waals surface area (Å²) in [6.45, 7) is 2.28. The Morgan fingerprint density at radius 3 is 2.00 bits per heavy atom. The second-order valence-electron chi connectivity index (χ2n) is 10.5. The molecule has 2 saturated carbocycles. The van der Waals surface area contributed by atoms with E-state index in [-0.39, 0.29) is 0 Å². The first-order valence-electron chi connectivity index (χ1n) is 13.4. The van der Waals surface area contributed by atoms with Gasteiger partial charge in [0.2, 0.25) is 0 Å². The van der Waals surface area contributed by atoms with Gasteiger partial charge in [-0.25, -0.2) is 0 Å². The van der Waals surface area contributed by atoms with Gasteiger partial charge in [0.05, 0.1) is 6.07 Å². The summed E-state index contributed by atoms with van der Waals surface area (Å²) in [7, 11) is 0. The van der Waals surface area contributed by atoms with Crippen molar-refractivity contribution in [1.29, 1.82) is 5.26 Å². The molecular formula is C30H45N. The van der Waals surface area contributed by atoms with Gasteiger partial charge in [0.1, 0.15) is 0 Å². The van der Waals surface area contributed by atoms with E-state index < -0.39 is 0 Å². The van der Waals surface area contributed by atoms with Crippen LogP contribution in [0.3, 0.4) is 0 Å². The van der Waals surface area contributed by atoms with Crippen molar-refractivity contribution in [3.05, 3.63) is 47.5 Å². The van der Waals surface area contributed by atoms with E-state index in [1.807, 2.05) is 0 Å². The second-order valence-corrected chi connectivity index (χ2v) is 10.5. The summed E-state index contributed by atoms with van der Waals surface area (Å²) in [4.78, 5) is 0. The highest BCUT2D eigenvalue weighted by atomic mass is 14.3. The lowest BCUT2D eigenvalue weighted by molar-refractivity contribution is 0.273.